The second-order valence-electron chi connectivity index (χ2n) is 8.43. The van der Waals surface area contributed by atoms with Gasteiger partial charge in [-0.25, -0.2) is 0 Å². The Balaban J connectivity index is 5.05. The average Bonchev–Trinajstić information content (AvgIpc) is 2.26. The van der Waals surface area contributed by atoms with Crippen LogP contribution in [0.1, 0.15) is 88.0 Å². The van der Waals surface area contributed by atoms with Gasteiger partial charge in [0, 0.05) is 0 Å². The molecule has 0 radical (unpaired) electrons. The molecule has 0 N–H and O–H groups in total. The van der Waals surface area contributed by atoms with E-state index in [1.54, 1.807) is 0 Å². The van der Waals surface area contributed by atoms with Crippen LogP contribution in [-0.2, 0) is 0 Å². The van der Waals surface area contributed by atoms with Gasteiger partial charge in [-0.3, -0.25) is 0 Å². The number of hydrogen-bond acceptors (Lipinski definition) is 0. The van der Waals surface area contributed by atoms with Gasteiger partial charge in [0.15, 0.2) is 0 Å². The summed E-state index contributed by atoms with van der Waals surface area (Å²) in [5.74, 6) is 4.28. The van der Waals surface area contributed by atoms with E-state index in [1.165, 1.54) is 25.7 Å². The van der Waals surface area contributed by atoms with E-state index >= 15 is 0 Å². The minimum atomic E-state index is 0.436. The van der Waals surface area contributed by atoms with Crippen molar-refractivity contribution >= 4 is 0 Å². The summed E-state index contributed by atoms with van der Waals surface area (Å²) >= 11 is 0. The highest BCUT2D eigenvalue weighted by atomic mass is 14.4. The van der Waals surface area contributed by atoms with Gasteiger partial charge in [0.2, 0.25) is 0 Å². The fraction of sp³-hybridized carbons (Fsp3) is 1.00. The van der Waals surface area contributed by atoms with Crippen molar-refractivity contribution < 1.29 is 0 Å². The van der Waals surface area contributed by atoms with Gasteiger partial charge in [-0.05, 0) is 47.8 Å². The predicted molar refractivity (Wildman–Crippen MR) is 89.4 cm³/mol. The van der Waals surface area contributed by atoms with Crippen LogP contribution < -0.4 is 0 Å². The molecule has 0 aromatic carbocycles. The topological polar surface area (TPSA) is 0 Å². The lowest BCUT2D eigenvalue weighted by Gasteiger charge is -2.42. The fourth-order valence-corrected chi connectivity index (χ4v) is 3.59. The third-order valence-corrected chi connectivity index (χ3v) is 4.97. The maximum atomic E-state index is 2.45. The molecule has 0 aliphatic rings. The standard InChI is InChI=1S/C19H40/c1-10-16(11-2)13-17(15(5)6)18(12-14(3)4)19(7,8)9/h14-18H,10-13H2,1-9H3. The van der Waals surface area contributed by atoms with Gasteiger partial charge < -0.3 is 0 Å². The summed E-state index contributed by atoms with van der Waals surface area (Å²) in [6.07, 6.45) is 5.50. The van der Waals surface area contributed by atoms with Crippen LogP contribution in [0.3, 0.4) is 0 Å². The van der Waals surface area contributed by atoms with Crippen LogP contribution in [0.25, 0.3) is 0 Å². The average molecular weight is 269 g/mol. The van der Waals surface area contributed by atoms with Crippen molar-refractivity contribution in [3.63, 3.8) is 0 Å². The van der Waals surface area contributed by atoms with E-state index in [2.05, 4.69) is 62.3 Å². The van der Waals surface area contributed by atoms with Crippen LogP contribution >= 0.6 is 0 Å². The van der Waals surface area contributed by atoms with Gasteiger partial charge in [0.05, 0.1) is 0 Å². The van der Waals surface area contributed by atoms with Crippen LogP contribution in [0.2, 0.25) is 0 Å². The van der Waals surface area contributed by atoms with Gasteiger partial charge in [-0.15, -0.1) is 0 Å². The molecule has 19 heavy (non-hydrogen) atoms. The maximum absolute atomic E-state index is 2.45. The van der Waals surface area contributed by atoms with Gasteiger partial charge in [0.1, 0.15) is 0 Å². The molecule has 0 bridgehead atoms. The molecule has 0 nitrogen and oxygen atoms in total. The van der Waals surface area contributed by atoms with Crippen molar-refractivity contribution in [2.24, 2.45) is 35.0 Å². The predicted octanol–water partition coefficient (Wildman–Crippen LogP) is 6.79. The Morgan fingerprint density at radius 1 is 0.789 bits per heavy atom. The highest BCUT2D eigenvalue weighted by Gasteiger charge is 2.34. The zero-order valence-corrected chi connectivity index (χ0v) is 15.2. The molecule has 0 saturated heterocycles. The van der Waals surface area contributed by atoms with Crippen molar-refractivity contribution in [3.8, 4) is 0 Å². The number of rotatable bonds is 8. The molecule has 2 atom stereocenters. The molecule has 0 saturated carbocycles. The molecule has 0 aromatic rings. The second-order valence-corrected chi connectivity index (χ2v) is 8.43. The second kappa shape index (κ2) is 8.32. The summed E-state index contributed by atoms with van der Waals surface area (Å²) < 4.78 is 0. The first-order chi connectivity index (χ1) is 8.63. The minimum Gasteiger partial charge on any atom is -0.0651 e. The Morgan fingerprint density at radius 3 is 1.53 bits per heavy atom. The zero-order valence-electron chi connectivity index (χ0n) is 15.2. The normalized spacial score (nSPS) is 16.4. The highest BCUT2D eigenvalue weighted by molar-refractivity contribution is 4.84. The maximum Gasteiger partial charge on any atom is -0.0332 e. The van der Waals surface area contributed by atoms with Gasteiger partial charge in [0.25, 0.3) is 0 Å². The molecule has 0 aromatic heterocycles. The lowest BCUT2D eigenvalue weighted by Crippen LogP contribution is -2.33. The van der Waals surface area contributed by atoms with Gasteiger partial charge in [-0.2, -0.15) is 0 Å². The van der Waals surface area contributed by atoms with Crippen molar-refractivity contribution in [3.05, 3.63) is 0 Å². The summed E-state index contributed by atoms with van der Waals surface area (Å²) in [4.78, 5) is 0. The van der Waals surface area contributed by atoms with Crippen LogP contribution in [0.15, 0.2) is 0 Å². The third kappa shape index (κ3) is 6.82. The lowest BCUT2D eigenvalue weighted by atomic mass is 9.64. The molecule has 2 unspecified atom stereocenters. The van der Waals surface area contributed by atoms with E-state index in [9.17, 15) is 0 Å². The third-order valence-electron chi connectivity index (χ3n) is 4.97. The van der Waals surface area contributed by atoms with Crippen molar-refractivity contribution in [2.45, 2.75) is 88.0 Å². The van der Waals surface area contributed by atoms with E-state index < -0.39 is 0 Å². The van der Waals surface area contributed by atoms with Crippen molar-refractivity contribution in [1.29, 1.82) is 0 Å². The molecule has 0 fully saturated rings. The lowest BCUT2D eigenvalue weighted by molar-refractivity contribution is 0.0783. The Hall–Kier alpha value is 0. The van der Waals surface area contributed by atoms with Gasteiger partial charge >= 0.3 is 0 Å². The fourth-order valence-electron chi connectivity index (χ4n) is 3.59. The molecule has 0 heteroatoms. The SMILES string of the molecule is CCC(CC)CC(C(C)C)C(CC(C)C)C(C)(C)C. The van der Waals surface area contributed by atoms with E-state index in [0.29, 0.717) is 5.41 Å². The molecule has 0 spiro atoms. The van der Waals surface area contributed by atoms with Crippen LogP contribution in [-0.4, -0.2) is 0 Å². The summed E-state index contributed by atoms with van der Waals surface area (Å²) in [6.45, 7) is 21.7. The first-order valence-electron chi connectivity index (χ1n) is 8.63. The van der Waals surface area contributed by atoms with E-state index in [1.807, 2.05) is 0 Å². The van der Waals surface area contributed by atoms with Crippen molar-refractivity contribution in [1.82, 2.24) is 0 Å². The van der Waals surface area contributed by atoms with Crippen molar-refractivity contribution in [2.75, 3.05) is 0 Å². The van der Waals surface area contributed by atoms with Crippen LogP contribution in [0.5, 0.6) is 0 Å². The summed E-state index contributed by atoms with van der Waals surface area (Å²) in [6, 6.07) is 0. The molecule has 0 heterocycles. The van der Waals surface area contributed by atoms with E-state index in [0.717, 1.165) is 29.6 Å². The Morgan fingerprint density at radius 2 is 1.26 bits per heavy atom. The molecule has 0 aliphatic carbocycles. The Kier molecular flexibility index (Phi) is 8.32. The van der Waals surface area contributed by atoms with E-state index in [4.69, 9.17) is 0 Å². The molecular formula is C19H40. The van der Waals surface area contributed by atoms with Crippen LogP contribution in [0.4, 0.5) is 0 Å². The number of hydrogen-bond donors (Lipinski definition) is 0. The molecule has 0 rings (SSSR count). The van der Waals surface area contributed by atoms with E-state index in [-0.39, 0.29) is 0 Å². The first-order valence-corrected chi connectivity index (χ1v) is 8.63. The quantitative estimate of drug-likeness (QED) is 0.454. The molecular weight excluding hydrogens is 228 g/mol. The monoisotopic (exact) mass is 268 g/mol. The smallest absolute Gasteiger partial charge is 0.0332 e. The summed E-state index contributed by atoms with van der Waals surface area (Å²) in [7, 11) is 0. The Labute approximate surface area is 123 Å². The molecule has 0 aliphatic heterocycles. The zero-order chi connectivity index (χ0) is 15.2. The largest absolute Gasteiger partial charge is 0.0651 e. The van der Waals surface area contributed by atoms with Crippen LogP contribution in [0, 0.1) is 35.0 Å². The molecule has 0 amide bonds. The Bertz CT molecular complexity index is 215. The summed E-state index contributed by atoms with van der Waals surface area (Å²) in [5.41, 5.74) is 0.436. The highest BCUT2D eigenvalue weighted by Crippen LogP contribution is 2.43. The summed E-state index contributed by atoms with van der Waals surface area (Å²) in [5, 5.41) is 0. The molecule has 116 valence electrons. The minimum absolute atomic E-state index is 0.436. The first kappa shape index (κ1) is 19.0. The van der Waals surface area contributed by atoms with Gasteiger partial charge in [-0.1, -0.05) is 75.2 Å².